The third-order valence-corrected chi connectivity index (χ3v) is 2.85. The molecule has 0 aliphatic rings. The number of phenols is 1. The number of halogens is 1. The van der Waals surface area contributed by atoms with Gasteiger partial charge in [-0.05, 0) is 42.3 Å². The third-order valence-electron chi connectivity index (χ3n) is 2.85. The summed E-state index contributed by atoms with van der Waals surface area (Å²) in [5.41, 5.74) is 2.29. The Bertz CT molecular complexity index is 584. The van der Waals surface area contributed by atoms with Gasteiger partial charge in [0, 0.05) is 6.54 Å². The second-order valence-electron chi connectivity index (χ2n) is 4.34. The Labute approximate surface area is 111 Å². The molecule has 100 valence electrons. The van der Waals surface area contributed by atoms with Gasteiger partial charge in [0.25, 0.3) is 0 Å². The Kier molecular flexibility index (Phi) is 3.90. The van der Waals surface area contributed by atoms with Crippen LogP contribution in [0.5, 0.6) is 11.5 Å². The predicted molar refractivity (Wildman–Crippen MR) is 73.1 cm³/mol. The van der Waals surface area contributed by atoms with E-state index in [1.807, 2.05) is 13.0 Å². The zero-order valence-corrected chi connectivity index (χ0v) is 10.9. The number of methoxy groups -OCH3 is 1. The van der Waals surface area contributed by atoms with E-state index >= 15 is 0 Å². The largest absolute Gasteiger partial charge is 0.504 e. The smallest absolute Gasteiger partial charge is 0.160 e. The molecule has 2 rings (SSSR count). The number of rotatable bonds is 4. The number of phenolic OH excluding ortho intramolecular Hbond substituents is 1. The topological polar surface area (TPSA) is 41.5 Å². The van der Waals surface area contributed by atoms with Crippen molar-refractivity contribution < 1.29 is 14.2 Å². The fourth-order valence-corrected chi connectivity index (χ4v) is 1.82. The van der Waals surface area contributed by atoms with Crippen molar-refractivity contribution in [2.45, 2.75) is 13.5 Å². The lowest BCUT2D eigenvalue weighted by Crippen LogP contribution is -2.01. The van der Waals surface area contributed by atoms with E-state index in [1.54, 1.807) is 24.3 Å². The highest BCUT2D eigenvalue weighted by Gasteiger charge is 2.04. The third kappa shape index (κ3) is 3.16. The second kappa shape index (κ2) is 5.61. The summed E-state index contributed by atoms with van der Waals surface area (Å²) in [6.07, 6.45) is 0. The van der Waals surface area contributed by atoms with Crippen LogP contribution in [0, 0.1) is 12.7 Å². The summed E-state index contributed by atoms with van der Waals surface area (Å²) in [5.74, 6) is 0.209. The first-order chi connectivity index (χ1) is 9.10. The Morgan fingerprint density at radius 3 is 2.68 bits per heavy atom. The number of aromatic hydroxyl groups is 1. The minimum Gasteiger partial charge on any atom is -0.504 e. The highest BCUT2D eigenvalue weighted by atomic mass is 19.1. The summed E-state index contributed by atoms with van der Waals surface area (Å²) in [4.78, 5) is 0. The molecule has 2 N–H and O–H groups in total. The van der Waals surface area contributed by atoms with Gasteiger partial charge < -0.3 is 15.2 Å². The molecule has 3 nitrogen and oxygen atoms in total. The molecule has 0 heterocycles. The molecule has 2 aromatic rings. The molecule has 0 aliphatic carbocycles. The van der Waals surface area contributed by atoms with Crippen LogP contribution in [0.3, 0.4) is 0 Å². The van der Waals surface area contributed by atoms with Crippen molar-refractivity contribution in [1.29, 1.82) is 0 Å². The van der Waals surface area contributed by atoms with Gasteiger partial charge >= 0.3 is 0 Å². The van der Waals surface area contributed by atoms with Gasteiger partial charge in [0.05, 0.1) is 12.8 Å². The van der Waals surface area contributed by atoms with E-state index in [9.17, 15) is 9.50 Å². The van der Waals surface area contributed by atoms with Crippen molar-refractivity contribution in [3.63, 3.8) is 0 Å². The first kappa shape index (κ1) is 13.2. The Hall–Kier alpha value is -2.23. The Balaban J connectivity index is 2.10. The molecule has 2 aromatic carbocycles. The minimum absolute atomic E-state index is 0.0755. The quantitative estimate of drug-likeness (QED) is 0.885. The van der Waals surface area contributed by atoms with Crippen molar-refractivity contribution in [3.8, 4) is 11.5 Å². The van der Waals surface area contributed by atoms with Crippen LogP contribution in [0.25, 0.3) is 0 Å². The highest BCUT2D eigenvalue weighted by molar-refractivity contribution is 5.48. The van der Waals surface area contributed by atoms with Crippen LogP contribution >= 0.6 is 0 Å². The molecule has 4 heteroatoms. The van der Waals surface area contributed by atoms with E-state index in [4.69, 9.17) is 4.74 Å². The summed E-state index contributed by atoms with van der Waals surface area (Å²) >= 11 is 0. The molecule has 0 unspecified atom stereocenters. The molecule has 0 amide bonds. The number of anilines is 1. The molecule has 0 radical (unpaired) electrons. The lowest BCUT2D eigenvalue weighted by Gasteiger charge is -2.10. The van der Waals surface area contributed by atoms with Crippen molar-refractivity contribution in [2.75, 3.05) is 12.4 Å². The molecule has 0 aliphatic heterocycles. The lowest BCUT2D eigenvalue weighted by molar-refractivity contribution is 0.373. The number of hydrogen-bond donors (Lipinski definition) is 2. The number of hydrogen-bond acceptors (Lipinski definition) is 3. The van der Waals surface area contributed by atoms with Gasteiger partial charge in [-0.1, -0.05) is 12.1 Å². The van der Waals surface area contributed by atoms with E-state index in [2.05, 4.69) is 5.32 Å². The fourth-order valence-electron chi connectivity index (χ4n) is 1.82. The van der Waals surface area contributed by atoms with Gasteiger partial charge in [-0.2, -0.15) is 0 Å². The standard InChI is InChI=1S/C15H16FNO2/c1-10-3-5-12(16)13(7-10)17-9-11-4-6-15(19-2)14(18)8-11/h3-8,17-18H,9H2,1-2H3. The predicted octanol–water partition coefficient (Wildman–Crippen LogP) is 3.46. The van der Waals surface area contributed by atoms with Crippen LogP contribution in [0.2, 0.25) is 0 Å². The van der Waals surface area contributed by atoms with Gasteiger partial charge in [-0.3, -0.25) is 0 Å². The van der Waals surface area contributed by atoms with E-state index < -0.39 is 0 Å². The summed E-state index contributed by atoms with van der Waals surface area (Å²) in [6.45, 7) is 2.34. The van der Waals surface area contributed by atoms with E-state index in [0.717, 1.165) is 11.1 Å². The van der Waals surface area contributed by atoms with Crippen molar-refractivity contribution in [3.05, 3.63) is 53.3 Å². The second-order valence-corrected chi connectivity index (χ2v) is 4.34. The van der Waals surface area contributed by atoms with Gasteiger partial charge in [0.1, 0.15) is 5.82 Å². The Morgan fingerprint density at radius 2 is 2.00 bits per heavy atom. The first-order valence-electron chi connectivity index (χ1n) is 5.96. The monoisotopic (exact) mass is 261 g/mol. The van der Waals surface area contributed by atoms with Crippen LogP contribution in [-0.4, -0.2) is 12.2 Å². The van der Waals surface area contributed by atoms with Crippen molar-refractivity contribution in [2.24, 2.45) is 0 Å². The van der Waals surface area contributed by atoms with E-state index in [1.165, 1.54) is 13.2 Å². The molecule has 0 saturated heterocycles. The van der Waals surface area contributed by atoms with Gasteiger partial charge in [-0.25, -0.2) is 4.39 Å². The summed E-state index contributed by atoms with van der Waals surface area (Å²) in [6, 6.07) is 10.00. The summed E-state index contributed by atoms with van der Waals surface area (Å²) < 4.78 is 18.5. The number of nitrogens with one attached hydrogen (secondary N) is 1. The average molecular weight is 261 g/mol. The molecular formula is C15H16FNO2. The molecular weight excluding hydrogens is 245 g/mol. The minimum atomic E-state index is -0.289. The van der Waals surface area contributed by atoms with Crippen LogP contribution in [0.15, 0.2) is 36.4 Å². The number of aryl methyl sites for hydroxylation is 1. The van der Waals surface area contributed by atoms with Gasteiger partial charge in [0.2, 0.25) is 0 Å². The molecule has 0 bridgehead atoms. The normalized spacial score (nSPS) is 10.3. The zero-order valence-electron chi connectivity index (χ0n) is 10.9. The van der Waals surface area contributed by atoms with Crippen LogP contribution < -0.4 is 10.1 Å². The fraction of sp³-hybridized carbons (Fsp3) is 0.200. The summed E-state index contributed by atoms with van der Waals surface area (Å²) in [7, 11) is 1.50. The van der Waals surface area contributed by atoms with Gasteiger partial charge in [-0.15, -0.1) is 0 Å². The lowest BCUT2D eigenvalue weighted by atomic mass is 10.1. The average Bonchev–Trinajstić information content (AvgIpc) is 2.40. The molecule has 0 aromatic heterocycles. The number of ether oxygens (including phenoxy) is 1. The maximum atomic E-state index is 13.5. The first-order valence-corrected chi connectivity index (χ1v) is 5.96. The van der Waals surface area contributed by atoms with Crippen LogP contribution in [-0.2, 0) is 6.54 Å². The molecule has 0 atom stereocenters. The summed E-state index contributed by atoms with van der Waals surface area (Å²) in [5, 5.41) is 12.7. The van der Waals surface area contributed by atoms with Crippen LogP contribution in [0.1, 0.15) is 11.1 Å². The zero-order chi connectivity index (χ0) is 13.8. The molecule has 0 fully saturated rings. The maximum Gasteiger partial charge on any atom is 0.160 e. The van der Waals surface area contributed by atoms with Gasteiger partial charge in [0.15, 0.2) is 11.5 Å². The van der Waals surface area contributed by atoms with E-state index in [0.29, 0.717) is 18.0 Å². The molecule has 19 heavy (non-hydrogen) atoms. The SMILES string of the molecule is COc1ccc(CNc2cc(C)ccc2F)cc1O. The van der Waals surface area contributed by atoms with Crippen molar-refractivity contribution >= 4 is 5.69 Å². The number of benzene rings is 2. The maximum absolute atomic E-state index is 13.5. The highest BCUT2D eigenvalue weighted by Crippen LogP contribution is 2.26. The van der Waals surface area contributed by atoms with E-state index in [-0.39, 0.29) is 11.6 Å². The molecule has 0 spiro atoms. The molecule has 0 saturated carbocycles. The Morgan fingerprint density at radius 1 is 1.21 bits per heavy atom. The van der Waals surface area contributed by atoms with Crippen molar-refractivity contribution in [1.82, 2.24) is 0 Å². The van der Waals surface area contributed by atoms with Crippen LogP contribution in [0.4, 0.5) is 10.1 Å².